The molecule has 1 fully saturated rings. The Bertz CT molecular complexity index is 431. The van der Waals surface area contributed by atoms with E-state index in [0.29, 0.717) is 12.0 Å². The highest BCUT2D eigenvalue weighted by molar-refractivity contribution is 6.31. The molecule has 1 heterocycles. The maximum absolute atomic E-state index is 6.44. The first kappa shape index (κ1) is 15.7. The Morgan fingerprint density at radius 1 is 1.35 bits per heavy atom. The van der Waals surface area contributed by atoms with Gasteiger partial charge in [0.1, 0.15) is 0 Å². The zero-order valence-electron chi connectivity index (χ0n) is 13.0. The van der Waals surface area contributed by atoms with Crippen molar-refractivity contribution < 1.29 is 0 Å². The third-order valence-electron chi connectivity index (χ3n) is 4.06. The smallest absolute Gasteiger partial charge is 0.0471 e. The highest BCUT2D eigenvalue weighted by Crippen LogP contribution is 2.31. The standard InChI is InChI=1S/C17H27ClN2/c1-13(2)11-19-12-15-16(18)8-6-9-17(15)20-10-5-4-7-14(20)3/h6,8-9,13-14,19H,4-5,7,10-12H2,1-3H3. The van der Waals surface area contributed by atoms with Crippen LogP contribution in [0.5, 0.6) is 0 Å². The van der Waals surface area contributed by atoms with Crippen LogP contribution in [0.25, 0.3) is 0 Å². The summed E-state index contributed by atoms with van der Waals surface area (Å²) in [6, 6.07) is 6.92. The Hall–Kier alpha value is -0.730. The minimum atomic E-state index is 0.617. The van der Waals surface area contributed by atoms with E-state index in [9.17, 15) is 0 Å². The van der Waals surface area contributed by atoms with Gasteiger partial charge in [0.25, 0.3) is 0 Å². The molecule has 0 aromatic heterocycles. The third-order valence-corrected chi connectivity index (χ3v) is 4.42. The number of nitrogens with one attached hydrogen (secondary N) is 1. The number of nitrogens with zero attached hydrogens (tertiary/aromatic N) is 1. The van der Waals surface area contributed by atoms with E-state index in [4.69, 9.17) is 11.6 Å². The van der Waals surface area contributed by atoms with E-state index < -0.39 is 0 Å². The van der Waals surface area contributed by atoms with Crippen LogP contribution in [0.3, 0.4) is 0 Å². The number of benzene rings is 1. The van der Waals surface area contributed by atoms with Crippen molar-refractivity contribution in [3.8, 4) is 0 Å². The van der Waals surface area contributed by atoms with Gasteiger partial charge in [-0.1, -0.05) is 31.5 Å². The van der Waals surface area contributed by atoms with E-state index in [1.165, 1.54) is 30.5 Å². The lowest BCUT2D eigenvalue weighted by Crippen LogP contribution is -2.38. The fourth-order valence-electron chi connectivity index (χ4n) is 2.93. The first-order valence-corrected chi connectivity index (χ1v) is 8.22. The summed E-state index contributed by atoms with van der Waals surface area (Å²) in [4.78, 5) is 2.53. The zero-order valence-corrected chi connectivity index (χ0v) is 13.7. The average Bonchev–Trinajstić information content (AvgIpc) is 2.41. The summed E-state index contributed by atoms with van der Waals surface area (Å²) in [5, 5.41) is 4.41. The molecule has 3 heteroatoms. The molecule has 2 rings (SSSR count). The van der Waals surface area contributed by atoms with Crippen molar-refractivity contribution in [3.05, 3.63) is 28.8 Å². The average molecular weight is 295 g/mol. The monoisotopic (exact) mass is 294 g/mol. The van der Waals surface area contributed by atoms with Crippen molar-refractivity contribution in [2.24, 2.45) is 5.92 Å². The number of anilines is 1. The Balaban J connectivity index is 2.16. The van der Waals surface area contributed by atoms with Crippen LogP contribution in [-0.4, -0.2) is 19.1 Å². The number of rotatable bonds is 5. The second-order valence-electron chi connectivity index (χ2n) is 6.30. The minimum Gasteiger partial charge on any atom is -0.369 e. The summed E-state index contributed by atoms with van der Waals surface area (Å²) in [6.07, 6.45) is 3.92. The van der Waals surface area contributed by atoms with Gasteiger partial charge >= 0.3 is 0 Å². The number of hydrogen-bond acceptors (Lipinski definition) is 2. The van der Waals surface area contributed by atoms with E-state index in [1.807, 2.05) is 6.07 Å². The molecule has 0 aliphatic carbocycles. The molecule has 0 radical (unpaired) electrons. The maximum Gasteiger partial charge on any atom is 0.0471 e. The Labute approximate surface area is 128 Å². The SMILES string of the molecule is CC(C)CNCc1c(Cl)cccc1N1CCCCC1C. The van der Waals surface area contributed by atoms with Gasteiger partial charge in [-0.3, -0.25) is 0 Å². The van der Waals surface area contributed by atoms with Gasteiger partial charge in [-0.05, 0) is 50.8 Å². The highest BCUT2D eigenvalue weighted by Gasteiger charge is 2.21. The van der Waals surface area contributed by atoms with Crippen molar-refractivity contribution in [1.29, 1.82) is 0 Å². The molecule has 1 aliphatic rings. The fraction of sp³-hybridized carbons (Fsp3) is 0.647. The van der Waals surface area contributed by atoms with Gasteiger partial charge < -0.3 is 10.2 Å². The molecule has 1 unspecified atom stereocenters. The number of hydrogen-bond donors (Lipinski definition) is 1. The predicted octanol–water partition coefficient (Wildman–Crippen LogP) is 4.46. The molecule has 20 heavy (non-hydrogen) atoms. The Kier molecular flexibility index (Phi) is 5.74. The summed E-state index contributed by atoms with van der Waals surface area (Å²) in [7, 11) is 0. The lowest BCUT2D eigenvalue weighted by molar-refractivity contribution is 0.482. The summed E-state index contributed by atoms with van der Waals surface area (Å²) in [6.45, 7) is 9.82. The molecule has 2 nitrogen and oxygen atoms in total. The van der Waals surface area contributed by atoms with E-state index in [1.54, 1.807) is 0 Å². The quantitative estimate of drug-likeness (QED) is 0.862. The normalized spacial score (nSPS) is 19.6. The van der Waals surface area contributed by atoms with Gasteiger partial charge in [-0.25, -0.2) is 0 Å². The van der Waals surface area contributed by atoms with E-state index in [2.05, 4.69) is 43.1 Å². The Morgan fingerprint density at radius 3 is 2.85 bits per heavy atom. The van der Waals surface area contributed by atoms with Gasteiger partial charge in [-0.15, -0.1) is 0 Å². The van der Waals surface area contributed by atoms with Crippen LogP contribution in [0.1, 0.15) is 45.6 Å². The number of piperidine rings is 1. The summed E-state index contributed by atoms with van der Waals surface area (Å²) >= 11 is 6.44. The zero-order chi connectivity index (χ0) is 14.5. The van der Waals surface area contributed by atoms with E-state index in [0.717, 1.165) is 24.7 Å². The minimum absolute atomic E-state index is 0.617. The molecule has 0 amide bonds. The predicted molar refractivity (Wildman–Crippen MR) is 88.7 cm³/mol. The van der Waals surface area contributed by atoms with Crippen LogP contribution in [0.2, 0.25) is 5.02 Å². The van der Waals surface area contributed by atoms with E-state index >= 15 is 0 Å². The van der Waals surface area contributed by atoms with Gasteiger partial charge in [0.15, 0.2) is 0 Å². The first-order valence-electron chi connectivity index (χ1n) is 7.84. The topological polar surface area (TPSA) is 15.3 Å². The molecule has 1 aliphatic heterocycles. The van der Waals surface area contributed by atoms with Crippen LogP contribution in [-0.2, 0) is 6.54 Å². The fourth-order valence-corrected chi connectivity index (χ4v) is 3.17. The van der Waals surface area contributed by atoms with Gasteiger partial charge in [0, 0.05) is 35.4 Å². The second kappa shape index (κ2) is 7.33. The van der Waals surface area contributed by atoms with Crippen LogP contribution in [0, 0.1) is 5.92 Å². The third kappa shape index (κ3) is 3.89. The second-order valence-corrected chi connectivity index (χ2v) is 6.71. The van der Waals surface area contributed by atoms with Gasteiger partial charge in [0.2, 0.25) is 0 Å². The molecule has 1 aromatic carbocycles. The molecule has 1 atom stereocenters. The molecular weight excluding hydrogens is 268 g/mol. The summed E-state index contributed by atoms with van der Waals surface area (Å²) in [5.41, 5.74) is 2.57. The largest absolute Gasteiger partial charge is 0.369 e. The summed E-state index contributed by atoms with van der Waals surface area (Å²) < 4.78 is 0. The highest BCUT2D eigenvalue weighted by atomic mass is 35.5. The molecule has 112 valence electrons. The first-order chi connectivity index (χ1) is 9.59. The summed E-state index contributed by atoms with van der Waals surface area (Å²) in [5.74, 6) is 0.662. The van der Waals surface area contributed by atoms with Crippen molar-refractivity contribution in [2.75, 3.05) is 18.0 Å². The lowest BCUT2D eigenvalue weighted by atomic mass is 10.0. The molecule has 1 N–H and O–H groups in total. The lowest BCUT2D eigenvalue weighted by Gasteiger charge is -2.37. The molecular formula is C17H27ClN2. The van der Waals surface area contributed by atoms with Gasteiger partial charge in [-0.2, -0.15) is 0 Å². The molecule has 0 saturated carbocycles. The van der Waals surface area contributed by atoms with Crippen LogP contribution in [0.15, 0.2) is 18.2 Å². The van der Waals surface area contributed by atoms with Crippen LogP contribution < -0.4 is 10.2 Å². The van der Waals surface area contributed by atoms with Crippen LogP contribution >= 0.6 is 11.6 Å². The van der Waals surface area contributed by atoms with Gasteiger partial charge in [0.05, 0.1) is 0 Å². The molecule has 0 spiro atoms. The van der Waals surface area contributed by atoms with Crippen molar-refractivity contribution in [3.63, 3.8) is 0 Å². The van der Waals surface area contributed by atoms with Crippen LogP contribution in [0.4, 0.5) is 5.69 Å². The van der Waals surface area contributed by atoms with Crippen molar-refractivity contribution in [2.45, 2.75) is 52.6 Å². The Morgan fingerprint density at radius 2 is 2.15 bits per heavy atom. The molecule has 1 saturated heterocycles. The maximum atomic E-state index is 6.44. The molecule has 1 aromatic rings. The molecule has 0 bridgehead atoms. The number of halogens is 1. The van der Waals surface area contributed by atoms with Crippen molar-refractivity contribution >= 4 is 17.3 Å². The van der Waals surface area contributed by atoms with Crippen molar-refractivity contribution in [1.82, 2.24) is 5.32 Å². The van der Waals surface area contributed by atoms with E-state index in [-0.39, 0.29) is 0 Å².